The Balaban J connectivity index is 3.08. The standard InChI is InChI=1S/C12H23NO/c1-9(2)11-5-7-13(8-6-11)12(14)10(3)4/h9-11H,5-8H2,1-4H3/i7D2,8D2. The zero-order chi connectivity index (χ0) is 14.3. The van der Waals surface area contributed by atoms with Crippen LogP contribution in [0.4, 0.5) is 0 Å². The topological polar surface area (TPSA) is 20.3 Å². The number of hydrogen-bond acceptors (Lipinski definition) is 1. The Morgan fingerprint density at radius 2 is 1.79 bits per heavy atom. The average Bonchev–Trinajstić information content (AvgIpc) is 2.12. The summed E-state index contributed by atoms with van der Waals surface area (Å²) in [5.74, 6) is -0.671. The fourth-order valence-electron chi connectivity index (χ4n) is 1.43. The molecule has 0 aliphatic carbocycles. The minimum atomic E-state index is -1.90. The maximum Gasteiger partial charge on any atom is 0.225 e. The number of nitrogens with zero attached hydrogens (tertiary/aromatic N) is 1. The van der Waals surface area contributed by atoms with Crippen LogP contribution in [0.1, 0.15) is 46.0 Å². The lowest BCUT2D eigenvalue weighted by atomic mass is 9.86. The van der Waals surface area contributed by atoms with Crippen molar-refractivity contribution in [1.29, 1.82) is 0 Å². The Labute approximate surface area is 93.3 Å². The zero-order valence-electron chi connectivity index (χ0n) is 13.5. The molecule has 1 fully saturated rings. The molecule has 1 aliphatic rings. The second-order valence-corrected chi connectivity index (χ2v) is 4.56. The van der Waals surface area contributed by atoms with Crippen LogP contribution in [0, 0.1) is 17.8 Å². The first-order valence-corrected chi connectivity index (χ1v) is 5.33. The molecule has 14 heavy (non-hydrogen) atoms. The third kappa shape index (κ3) is 2.73. The number of amides is 1. The number of rotatable bonds is 2. The van der Waals surface area contributed by atoms with Gasteiger partial charge in [0.05, 0.1) is 0 Å². The van der Waals surface area contributed by atoms with Crippen molar-refractivity contribution in [1.82, 2.24) is 4.90 Å². The molecule has 0 aromatic heterocycles. The first-order valence-electron chi connectivity index (χ1n) is 7.33. The lowest BCUT2D eigenvalue weighted by molar-refractivity contribution is -0.136. The van der Waals surface area contributed by atoms with Gasteiger partial charge in [0.1, 0.15) is 0 Å². The van der Waals surface area contributed by atoms with Gasteiger partial charge in [-0.2, -0.15) is 0 Å². The van der Waals surface area contributed by atoms with Crippen molar-refractivity contribution in [2.75, 3.05) is 13.0 Å². The quantitative estimate of drug-likeness (QED) is 0.672. The molecule has 0 bridgehead atoms. The van der Waals surface area contributed by atoms with E-state index in [1.54, 1.807) is 13.8 Å². The number of piperidine rings is 1. The van der Waals surface area contributed by atoms with Crippen LogP contribution in [0.15, 0.2) is 0 Å². The zero-order valence-corrected chi connectivity index (χ0v) is 9.50. The highest BCUT2D eigenvalue weighted by molar-refractivity contribution is 5.78. The number of hydrogen-bond donors (Lipinski definition) is 0. The van der Waals surface area contributed by atoms with Gasteiger partial charge in [-0.1, -0.05) is 27.7 Å². The van der Waals surface area contributed by atoms with Crippen molar-refractivity contribution >= 4 is 5.91 Å². The summed E-state index contributed by atoms with van der Waals surface area (Å²) in [4.78, 5) is 12.9. The van der Waals surface area contributed by atoms with Gasteiger partial charge in [-0.25, -0.2) is 0 Å². The molecule has 1 heterocycles. The van der Waals surface area contributed by atoms with E-state index >= 15 is 0 Å². The normalized spacial score (nSPS) is 30.9. The van der Waals surface area contributed by atoms with E-state index in [4.69, 9.17) is 5.48 Å². The van der Waals surface area contributed by atoms with E-state index in [0.29, 0.717) is 0 Å². The van der Waals surface area contributed by atoms with Gasteiger partial charge in [0.2, 0.25) is 5.91 Å². The van der Waals surface area contributed by atoms with Crippen molar-refractivity contribution in [3.05, 3.63) is 0 Å². The van der Waals surface area contributed by atoms with E-state index in [9.17, 15) is 4.79 Å². The molecule has 1 amide bonds. The predicted octanol–water partition coefficient (Wildman–Crippen LogP) is 2.54. The predicted molar refractivity (Wildman–Crippen MR) is 59.0 cm³/mol. The maximum absolute atomic E-state index is 12.1. The van der Waals surface area contributed by atoms with E-state index in [2.05, 4.69) is 0 Å². The molecule has 0 spiro atoms. The minimum absolute atomic E-state index is 0.0359. The number of carbonyl (C=O) groups is 1. The lowest BCUT2D eigenvalue weighted by Crippen LogP contribution is -2.41. The molecule has 0 aromatic rings. The largest absolute Gasteiger partial charge is 0.342 e. The third-order valence-electron chi connectivity index (χ3n) is 2.68. The smallest absolute Gasteiger partial charge is 0.225 e. The first kappa shape index (κ1) is 6.86. The molecule has 0 unspecified atom stereocenters. The third-order valence-corrected chi connectivity index (χ3v) is 2.68. The van der Waals surface area contributed by atoms with Gasteiger partial charge in [0.15, 0.2) is 0 Å². The van der Waals surface area contributed by atoms with Crippen molar-refractivity contribution in [3.63, 3.8) is 0 Å². The summed E-state index contributed by atoms with van der Waals surface area (Å²) in [6.45, 7) is 3.47. The molecule has 2 nitrogen and oxygen atoms in total. The molecule has 1 aliphatic heterocycles. The van der Waals surface area contributed by atoms with Gasteiger partial charge < -0.3 is 4.90 Å². The summed E-state index contributed by atoms with van der Waals surface area (Å²) >= 11 is 0. The molecule has 2 heteroatoms. The van der Waals surface area contributed by atoms with E-state index < -0.39 is 24.8 Å². The van der Waals surface area contributed by atoms with Crippen LogP contribution in [0.25, 0.3) is 0 Å². The van der Waals surface area contributed by atoms with Crippen LogP contribution in [0.5, 0.6) is 0 Å². The summed E-state index contributed by atoms with van der Waals surface area (Å²) in [5.41, 5.74) is 0. The van der Waals surface area contributed by atoms with Crippen molar-refractivity contribution < 1.29 is 10.3 Å². The van der Waals surface area contributed by atoms with E-state index in [0.717, 1.165) is 4.90 Å². The van der Waals surface area contributed by atoms with Crippen LogP contribution < -0.4 is 0 Å². The van der Waals surface area contributed by atoms with E-state index in [1.165, 1.54) is 0 Å². The summed E-state index contributed by atoms with van der Waals surface area (Å²) in [6, 6.07) is 0. The van der Waals surface area contributed by atoms with Crippen LogP contribution in [0.3, 0.4) is 0 Å². The van der Waals surface area contributed by atoms with Crippen LogP contribution in [-0.2, 0) is 4.79 Å². The van der Waals surface area contributed by atoms with Gasteiger partial charge in [-0.3, -0.25) is 4.79 Å². The molecule has 0 radical (unpaired) electrons. The summed E-state index contributed by atoms with van der Waals surface area (Å²) < 4.78 is 32.1. The maximum atomic E-state index is 12.1. The molecular formula is C12H23NO. The van der Waals surface area contributed by atoms with Gasteiger partial charge in [-0.05, 0) is 24.7 Å². The highest BCUT2D eigenvalue weighted by Gasteiger charge is 2.25. The van der Waals surface area contributed by atoms with Crippen LogP contribution in [-0.4, -0.2) is 23.8 Å². The summed E-state index contributed by atoms with van der Waals surface area (Å²) in [7, 11) is 0. The highest BCUT2D eigenvalue weighted by Crippen LogP contribution is 2.24. The SMILES string of the molecule is [2H]C1([2H])CC(C(C)C)CC([2H])([2H])N1C(=O)C(C)C. The molecule has 0 N–H and O–H groups in total. The summed E-state index contributed by atoms with van der Waals surface area (Å²) in [5, 5.41) is 0. The number of likely N-dealkylation sites (tertiary alicyclic amines) is 1. The molecule has 0 atom stereocenters. The van der Waals surface area contributed by atoms with Crippen molar-refractivity contribution in [3.8, 4) is 0 Å². The Hall–Kier alpha value is -0.530. The van der Waals surface area contributed by atoms with Gasteiger partial charge in [0.25, 0.3) is 0 Å². The Bertz CT molecular complexity index is 310. The van der Waals surface area contributed by atoms with Gasteiger partial charge >= 0.3 is 0 Å². The molecule has 0 aromatic carbocycles. The second-order valence-electron chi connectivity index (χ2n) is 4.56. The second kappa shape index (κ2) is 4.81. The Kier molecular flexibility index (Phi) is 2.36. The van der Waals surface area contributed by atoms with Crippen LogP contribution >= 0.6 is 0 Å². The lowest BCUT2D eigenvalue weighted by Gasteiger charge is -2.34. The van der Waals surface area contributed by atoms with Gasteiger partial charge in [-0.15, -0.1) is 0 Å². The Morgan fingerprint density at radius 1 is 1.29 bits per heavy atom. The van der Waals surface area contributed by atoms with E-state index in [-0.39, 0.29) is 24.7 Å². The van der Waals surface area contributed by atoms with Crippen molar-refractivity contribution in [2.45, 2.75) is 40.5 Å². The van der Waals surface area contributed by atoms with Crippen molar-refractivity contribution in [2.24, 2.45) is 17.8 Å². The first-order chi connectivity index (χ1) is 7.99. The molecule has 82 valence electrons. The fraction of sp³-hybridized carbons (Fsp3) is 0.917. The molecule has 1 rings (SSSR count). The highest BCUT2D eigenvalue weighted by atomic mass is 16.2. The average molecular weight is 201 g/mol. The number of carbonyl (C=O) groups excluding carboxylic acids is 1. The fourth-order valence-corrected chi connectivity index (χ4v) is 1.43. The summed E-state index contributed by atoms with van der Waals surface area (Å²) in [6.07, 6.45) is 0.422. The monoisotopic (exact) mass is 201 g/mol. The Morgan fingerprint density at radius 3 is 2.14 bits per heavy atom. The van der Waals surface area contributed by atoms with Crippen LogP contribution in [0.2, 0.25) is 0 Å². The minimum Gasteiger partial charge on any atom is -0.342 e. The van der Waals surface area contributed by atoms with Gasteiger partial charge in [0, 0.05) is 24.4 Å². The molecule has 1 saturated heterocycles. The van der Waals surface area contributed by atoms with E-state index in [1.807, 2.05) is 13.8 Å². The molecule has 0 saturated carbocycles. The molecular weight excluding hydrogens is 174 g/mol.